The van der Waals surface area contributed by atoms with E-state index in [4.69, 9.17) is 14.2 Å². The molecule has 6 rings (SSSR count). The molecule has 1 saturated carbocycles. The van der Waals surface area contributed by atoms with E-state index in [2.05, 4.69) is 32.9 Å². The highest BCUT2D eigenvalue weighted by Gasteiger charge is 2.49. The molecule has 1 aliphatic carbocycles. The summed E-state index contributed by atoms with van der Waals surface area (Å²) in [6.45, 7) is 7.15. The molecule has 0 radical (unpaired) electrons. The summed E-state index contributed by atoms with van der Waals surface area (Å²) >= 11 is 0. The maximum absolute atomic E-state index is 14.7. The Bertz CT molecular complexity index is 1780. The molecule has 2 aliphatic heterocycles. The molecule has 2 fully saturated rings. The van der Waals surface area contributed by atoms with Gasteiger partial charge in [-0.25, -0.2) is 9.59 Å². The van der Waals surface area contributed by atoms with Crippen LogP contribution in [0.5, 0.6) is 17.2 Å². The van der Waals surface area contributed by atoms with Crippen molar-refractivity contribution in [2.24, 2.45) is 0 Å². The Morgan fingerprint density at radius 1 is 0.880 bits per heavy atom. The Morgan fingerprint density at radius 3 is 2.30 bits per heavy atom. The van der Waals surface area contributed by atoms with Gasteiger partial charge in [0.05, 0.1) is 32.3 Å². The lowest BCUT2D eigenvalue weighted by atomic mass is 9.81. The van der Waals surface area contributed by atoms with Gasteiger partial charge in [-0.05, 0) is 91.6 Å². The number of aryl methyl sites for hydroxylation is 2. The van der Waals surface area contributed by atoms with Crippen molar-refractivity contribution in [3.8, 4) is 17.2 Å². The van der Waals surface area contributed by atoms with Crippen LogP contribution >= 0.6 is 0 Å². The number of methoxy groups -OCH3 is 1. The van der Waals surface area contributed by atoms with Crippen LogP contribution in [0.2, 0.25) is 0 Å². The Morgan fingerprint density at radius 2 is 1.62 bits per heavy atom. The maximum Gasteiger partial charge on any atom is 0.408 e. The molecule has 3 amide bonds. The molecule has 0 aromatic heterocycles. The molecule has 11 heteroatoms. The van der Waals surface area contributed by atoms with Gasteiger partial charge in [0.15, 0.2) is 0 Å². The lowest BCUT2D eigenvalue weighted by Gasteiger charge is -2.49. The highest BCUT2D eigenvalue weighted by atomic mass is 16.5. The molecule has 0 spiro atoms. The number of carbonyl (C=O) groups is 3. The predicted octanol–water partition coefficient (Wildman–Crippen LogP) is 6.18. The fourth-order valence-electron chi connectivity index (χ4n) is 7.14. The standard InChI is InChI=1S/C39H45N3O8/c1-24-18-25(2)26(3)35(19-24)50-16-14-27-8-10-28(11-9-27)33-20-30-22-40(38(44)45)23-34(42(30)39(46)47)36(33)37(43)41(29-12-13-29)15-17-49-32-7-5-6-31(21-32)48-4/h5-11,18-19,21,29-30,34H,12-17,20,22-23H2,1-4H3,(H,44,45)(H,46,47)/t30-,34-/m1/s1. The zero-order valence-electron chi connectivity index (χ0n) is 29.1. The SMILES string of the molecule is COc1cccc(OCCN(C(=O)C2=C(c3ccc(CCOc4cc(C)cc(C)c4C)cc3)C[C@@H]3CN(C(=O)O)C[C@H]2N3C(=O)O)C2CC2)c1. The van der Waals surface area contributed by atoms with E-state index in [9.17, 15) is 24.6 Å². The molecule has 2 bridgehead atoms. The van der Waals surface area contributed by atoms with Crippen molar-refractivity contribution in [1.82, 2.24) is 14.7 Å². The van der Waals surface area contributed by atoms with Crippen molar-refractivity contribution >= 4 is 23.7 Å². The van der Waals surface area contributed by atoms with E-state index in [-0.39, 0.29) is 38.1 Å². The van der Waals surface area contributed by atoms with Gasteiger partial charge in [0.1, 0.15) is 23.9 Å². The number of piperazine rings is 1. The third-order valence-electron chi connectivity index (χ3n) is 9.98. The number of carboxylic acid groups (broad SMARTS) is 2. The van der Waals surface area contributed by atoms with Crippen LogP contribution in [-0.2, 0) is 11.2 Å². The molecule has 0 unspecified atom stereocenters. The quantitative estimate of drug-likeness (QED) is 0.232. The van der Waals surface area contributed by atoms with Crippen molar-refractivity contribution in [3.63, 3.8) is 0 Å². The summed E-state index contributed by atoms with van der Waals surface area (Å²) in [5, 5.41) is 20.2. The van der Waals surface area contributed by atoms with Gasteiger partial charge in [0.25, 0.3) is 5.91 Å². The number of benzene rings is 3. The first-order valence-corrected chi connectivity index (χ1v) is 17.1. The second-order valence-electron chi connectivity index (χ2n) is 13.4. The zero-order valence-corrected chi connectivity index (χ0v) is 29.1. The Balaban J connectivity index is 1.27. The van der Waals surface area contributed by atoms with E-state index in [1.807, 2.05) is 42.5 Å². The molecule has 2 N–H and O–H groups in total. The number of fused-ring (bicyclic) bond motifs is 2. The topological polar surface area (TPSA) is 129 Å². The summed E-state index contributed by atoms with van der Waals surface area (Å²) in [4.78, 5) is 43.7. The fourth-order valence-corrected chi connectivity index (χ4v) is 7.14. The lowest BCUT2D eigenvalue weighted by Crippen LogP contribution is -2.65. The molecule has 50 heavy (non-hydrogen) atoms. The molecule has 264 valence electrons. The van der Waals surface area contributed by atoms with Crippen LogP contribution in [0, 0.1) is 20.8 Å². The minimum Gasteiger partial charge on any atom is -0.497 e. The monoisotopic (exact) mass is 683 g/mol. The zero-order chi connectivity index (χ0) is 35.5. The van der Waals surface area contributed by atoms with Crippen molar-refractivity contribution in [2.45, 2.75) is 64.6 Å². The fraction of sp³-hybridized carbons (Fsp3) is 0.410. The van der Waals surface area contributed by atoms with Crippen LogP contribution in [0.4, 0.5) is 9.59 Å². The number of rotatable bonds is 12. The minimum absolute atomic E-state index is 0.00327. The third-order valence-corrected chi connectivity index (χ3v) is 9.98. The van der Waals surface area contributed by atoms with Gasteiger partial charge >= 0.3 is 12.2 Å². The first-order chi connectivity index (χ1) is 24.0. The van der Waals surface area contributed by atoms with Gasteiger partial charge in [0.2, 0.25) is 0 Å². The maximum atomic E-state index is 14.7. The number of hydrogen-bond acceptors (Lipinski definition) is 6. The average molecular weight is 684 g/mol. The third kappa shape index (κ3) is 7.51. The average Bonchev–Trinajstić information content (AvgIpc) is 3.93. The normalized spacial score (nSPS) is 18.5. The lowest BCUT2D eigenvalue weighted by molar-refractivity contribution is -0.129. The second-order valence-corrected chi connectivity index (χ2v) is 13.4. The van der Waals surface area contributed by atoms with Crippen LogP contribution < -0.4 is 14.2 Å². The van der Waals surface area contributed by atoms with E-state index in [1.165, 1.54) is 15.4 Å². The number of hydrogen-bond donors (Lipinski definition) is 2. The molecule has 3 aliphatic rings. The smallest absolute Gasteiger partial charge is 0.408 e. The summed E-state index contributed by atoms with van der Waals surface area (Å²) in [5.41, 5.74) is 6.47. The first kappa shape index (κ1) is 34.7. The summed E-state index contributed by atoms with van der Waals surface area (Å²) < 4.78 is 17.4. The molecule has 3 aromatic rings. The summed E-state index contributed by atoms with van der Waals surface area (Å²) in [6, 6.07) is 17.9. The summed E-state index contributed by atoms with van der Waals surface area (Å²) in [5.74, 6) is 1.88. The number of nitrogens with zero attached hydrogens (tertiary/aromatic N) is 3. The highest BCUT2D eigenvalue weighted by Crippen LogP contribution is 2.41. The molecule has 1 saturated heterocycles. The van der Waals surface area contributed by atoms with E-state index >= 15 is 0 Å². The van der Waals surface area contributed by atoms with Crippen molar-refractivity contribution < 1.29 is 38.8 Å². The number of ether oxygens (including phenoxy) is 3. The number of amides is 3. The van der Waals surface area contributed by atoms with E-state index < -0.39 is 24.3 Å². The predicted molar refractivity (Wildman–Crippen MR) is 188 cm³/mol. The van der Waals surface area contributed by atoms with Crippen LogP contribution in [0.25, 0.3) is 5.57 Å². The van der Waals surface area contributed by atoms with E-state index in [0.717, 1.165) is 46.4 Å². The minimum atomic E-state index is -1.16. The van der Waals surface area contributed by atoms with Gasteiger partial charge < -0.3 is 34.2 Å². The van der Waals surface area contributed by atoms with Crippen molar-refractivity contribution in [3.05, 3.63) is 94.1 Å². The second kappa shape index (κ2) is 14.7. The van der Waals surface area contributed by atoms with Crippen LogP contribution in [-0.4, -0.2) is 101 Å². The van der Waals surface area contributed by atoms with Gasteiger partial charge in [0, 0.05) is 37.2 Å². The first-order valence-electron chi connectivity index (χ1n) is 17.1. The Hall–Kier alpha value is -5.19. The van der Waals surface area contributed by atoms with Crippen LogP contribution in [0.15, 0.2) is 66.2 Å². The molecule has 11 nitrogen and oxygen atoms in total. The van der Waals surface area contributed by atoms with Gasteiger partial charge in [-0.2, -0.15) is 0 Å². The largest absolute Gasteiger partial charge is 0.497 e. The van der Waals surface area contributed by atoms with E-state index in [0.29, 0.717) is 36.6 Å². The summed E-state index contributed by atoms with van der Waals surface area (Å²) in [6.07, 6.45) is 0.288. The molecule has 2 atom stereocenters. The van der Waals surface area contributed by atoms with E-state index in [1.54, 1.807) is 18.1 Å². The van der Waals surface area contributed by atoms with Crippen LogP contribution in [0.3, 0.4) is 0 Å². The van der Waals surface area contributed by atoms with Crippen molar-refractivity contribution in [2.75, 3.05) is 40.0 Å². The Labute approximate surface area is 292 Å². The molecular formula is C39H45N3O8. The molecule has 3 aromatic carbocycles. The van der Waals surface area contributed by atoms with Gasteiger partial charge in [-0.3, -0.25) is 9.69 Å². The Kier molecular flexibility index (Phi) is 10.2. The summed E-state index contributed by atoms with van der Waals surface area (Å²) in [7, 11) is 1.58. The molecular weight excluding hydrogens is 638 g/mol. The van der Waals surface area contributed by atoms with Gasteiger partial charge in [-0.15, -0.1) is 0 Å². The van der Waals surface area contributed by atoms with Gasteiger partial charge in [-0.1, -0.05) is 36.4 Å². The van der Waals surface area contributed by atoms with Crippen LogP contribution in [0.1, 0.15) is 47.1 Å². The van der Waals surface area contributed by atoms with Crippen molar-refractivity contribution in [1.29, 1.82) is 0 Å². The number of carbonyl (C=O) groups excluding carboxylic acids is 1. The molecule has 2 heterocycles. The highest BCUT2D eigenvalue weighted by molar-refractivity contribution is 6.04.